The normalized spacial score (nSPS) is 12.2. The quantitative estimate of drug-likeness (QED) is 0.348. The zero-order chi connectivity index (χ0) is 23.2. The standard InChI is InChI=1S/C20H19N4O.C6H5BrO.Y/c21-20-23-17-13-22-12-11-16(17)19(25)24(20)18(14-7-3-1-4-8-14)15-9-5-2-6-10-15;7-5-1-3-6(8)4-2-5;/h1-10,18H,11-13H2,(H2,21,23);1-4,8H;/q-1;;. The number of nitrogens with two attached hydrogens (primary N) is 1. The Labute approximate surface area is 232 Å². The molecule has 0 atom stereocenters. The zero-order valence-corrected chi connectivity index (χ0v) is 22.9. The molecule has 0 bridgehead atoms. The third-order valence-electron chi connectivity index (χ3n) is 5.42. The van der Waals surface area contributed by atoms with Crippen LogP contribution in [-0.2, 0) is 45.7 Å². The van der Waals surface area contributed by atoms with Crippen molar-refractivity contribution in [2.75, 3.05) is 12.3 Å². The van der Waals surface area contributed by atoms with E-state index in [-0.39, 0.29) is 50.3 Å². The Morgan fingerprint density at radius 1 is 0.941 bits per heavy atom. The van der Waals surface area contributed by atoms with E-state index in [0.717, 1.165) is 21.2 Å². The van der Waals surface area contributed by atoms with E-state index in [1.54, 1.807) is 28.8 Å². The van der Waals surface area contributed by atoms with E-state index in [2.05, 4.69) is 26.2 Å². The van der Waals surface area contributed by atoms with Crippen LogP contribution in [0.5, 0.6) is 5.75 Å². The number of anilines is 1. The zero-order valence-electron chi connectivity index (χ0n) is 18.5. The smallest absolute Gasteiger partial charge is 0.259 e. The molecule has 1 aliphatic heterocycles. The van der Waals surface area contributed by atoms with E-state index in [4.69, 9.17) is 10.8 Å². The van der Waals surface area contributed by atoms with Crippen LogP contribution < -0.4 is 11.3 Å². The van der Waals surface area contributed by atoms with Crippen LogP contribution in [0.3, 0.4) is 0 Å². The van der Waals surface area contributed by atoms with E-state index in [1.165, 1.54) is 0 Å². The van der Waals surface area contributed by atoms with Crippen molar-refractivity contribution >= 4 is 21.9 Å². The second-order valence-electron chi connectivity index (χ2n) is 7.63. The Morgan fingerprint density at radius 3 is 2.03 bits per heavy atom. The van der Waals surface area contributed by atoms with Gasteiger partial charge in [-0.1, -0.05) is 76.6 Å². The van der Waals surface area contributed by atoms with Gasteiger partial charge >= 0.3 is 0 Å². The van der Waals surface area contributed by atoms with Gasteiger partial charge in [-0.15, -0.1) is 13.1 Å². The number of fused-ring (bicyclic) bond motifs is 1. The van der Waals surface area contributed by atoms with E-state index in [0.29, 0.717) is 31.0 Å². The second-order valence-corrected chi connectivity index (χ2v) is 8.54. The Balaban J connectivity index is 0.000000308. The average molecular weight is 593 g/mol. The van der Waals surface area contributed by atoms with Crippen molar-refractivity contribution in [1.82, 2.24) is 9.55 Å². The van der Waals surface area contributed by atoms with Crippen LogP contribution in [0.4, 0.5) is 5.95 Å². The maximum atomic E-state index is 13.2. The fourth-order valence-corrected chi connectivity index (χ4v) is 4.11. The van der Waals surface area contributed by atoms with Gasteiger partial charge in [0.05, 0.1) is 6.04 Å². The molecule has 0 unspecified atom stereocenters. The molecule has 1 aliphatic rings. The molecule has 3 aromatic carbocycles. The van der Waals surface area contributed by atoms with E-state index >= 15 is 0 Å². The minimum absolute atomic E-state index is 0. The van der Waals surface area contributed by atoms with Crippen molar-refractivity contribution in [2.45, 2.75) is 19.0 Å². The van der Waals surface area contributed by atoms with Crippen molar-refractivity contribution in [3.8, 4) is 5.75 Å². The molecule has 0 saturated carbocycles. The number of nitrogen functional groups attached to an aromatic ring is 1. The summed E-state index contributed by atoms with van der Waals surface area (Å²) >= 11 is 3.23. The predicted molar refractivity (Wildman–Crippen MR) is 134 cm³/mol. The summed E-state index contributed by atoms with van der Waals surface area (Å²) in [5, 5.41) is 13.1. The third kappa shape index (κ3) is 6.22. The Morgan fingerprint density at radius 2 is 1.50 bits per heavy atom. The maximum Gasteiger partial charge on any atom is 0.259 e. The number of halogens is 1. The van der Waals surface area contributed by atoms with Crippen LogP contribution in [0.1, 0.15) is 28.4 Å². The first-order valence-electron chi connectivity index (χ1n) is 10.6. The molecular weight excluding hydrogens is 569 g/mol. The molecule has 1 aromatic heterocycles. The number of rotatable bonds is 3. The molecule has 0 aliphatic carbocycles. The summed E-state index contributed by atoms with van der Waals surface area (Å²) in [5.74, 6) is 0.534. The van der Waals surface area contributed by atoms with Crippen molar-refractivity contribution in [2.24, 2.45) is 0 Å². The number of phenols is 1. The summed E-state index contributed by atoms with van der Waals surface area (Å²) in [6.45, 7) is 1.13. The fourth-order valence-electron chi connectivity index (χ4n) is 3.84. The third-order valence-corrected chi connectivity index (χ3v) is 5.95. The monoisotopic (exact) mass is 592 g/mol. The first kappa shape index (κ1) is 26.3. The van der Waals surface area contributed by atoms with Gasteiger partial charge in [-0.05, 0) is 41.8 Å². The molecule has 171 valence electrons. The first-order chi connectivity index (χ1) is 16.0. The van der Waals surface area contributed by atoms with Crippen molar-refractivity contribution < 1.29 is 37.8 Å². The van der Waals surface area contributed by atoms with Gasteiger partial charge < -0.3 is 16.2 Å². The summed E-state index contributed by atoms with van der Waals surface area (Å²) in [6.07, 6.45) is 0.623. The molecule has 34 heavy (non-hydrogen) atoms. The van der Waals surface area contributed by atoms with Crippen molar-refractivity contribution in [1.29, 1.82) is 0 Å². The Hall–Kier alpha value is -2.32. The molecule has 3 N–H and O–H groups in total. The van der Waals surface area contributed by atoms with Gasteiger partial charge in [-0.2, -0.15) is 0 Å². The summed E-state index contributed by atoms with van der Waals surface area (Å²) < 4.78 is 2.60. The van der Waals surface area contributed by atoms with Crippen LogP contribution in [-0.4, -0.2) is 21.2 Å². The molecule has 6 nitrogen and oxygen atoms in total. The van der Waals surface area contributed by atoms with Crippen LogP contribution in [0.25, 0.3) is 5.32 Å². The molecule has 1 radical (unpaired) electrons. The Bertz CT molecular complexity index is 1210. The second kappa shape index (κ2) is 12.4. The summed E-state index contributed by atoms with van der Waals surface area (Å²) in [6, 6.07) is 26.4. The Kier molecular flexibility index (Phi) is 9.59. The van der Waals surface area contributed by atoms with Crippen LogP contribution in [0, 0.1) is 0 Å². The minimum Gasteiger partial charge on any atom is -0.657 e. The van der Waals surface area contributed by atoms with Crippen molar-refractivity contribution in [3.63, 3.8) is 0 Å². The topological polar surface area (TPSA) is 95.2 Å². The SMILES string of the molecule is Nc1nc2c(c(=O)n1C(c1ccccc1)c1ccccc1)CC[N-]C2.Oc1ccc(Br)cc1.[Y]. The largest absolute Gasteiger partial charge is 0.657 e. The molecule has 0 fully saturated rings. The maximum absolute atomic E-state index is 13.2. The van der Waals surface area contributed by atoms with Gasteiger partial charge in [0.15, 0.2) is 0 Å². The fraction of sp³-hybridized carbons (Fsp3) is 0.154. The molecule has 0 spiro atoms. The summed E-state index contributed by atoms with van der Waals surface area (Å²) in [7, 11) is 0. The van der Waals surface area contributed by atoms with Gasteiger partial charge in [0.25, 0.3) is 5.56 Å². The number of benzene rings is 3. The molecule has 0 amide bonds. The van der Waals surface area contributed by atoms with Gasteiger partial charge in [0, 0.05) is 48.4 Å². The first-order valence-corrected chi connectivity index (χ1v) is 11.4. The van der Waals surface area contributed by atoms with E-state index < -0.39 is 0 Å². The number of hydrogen-bond donors (Lipinski definition) is 2. The average Bonchev–Trinajstić information content (AvgIpc) is 2.85. The molecule has 8 heteroatoms. The van der Waals surface area contributed by atoms with Gasteiger partial charge in [0.1, 0.15) is 5.75 Å². The summed E-state index contributed by atoms with van der Waals surface area (Å²) in [5.41, 5.74) is 9.63. The van der Waals surface area contributed by atoms with Gasteiger partial charge in [-0.3, -0.25) is 9.36 Å². The molecule has 4 aromatic rings. The molecule has 5 rings (SSSR count). The number of nitrogens with zero attached hydrogens (tertiary/aromatic N) is 3. The van der Waals surface area contributed by atoms with Crippen LogP contribution >= 0.6 is 15.9 Å². The molecule has 0 saturated heterocycles. The molecular formula is C26H24BrN4O2Y-. The van der Waals surface area contributed by atoms with Crippen LogP contribution in [0.15, 0.2) is 94.2 Å². The molecule has 2 heterocycles. The van der Waals surface area contributed by atoms with Crippen molar-refractivity contribution in [3.05, 3.63) is 127 Å². The number of aromatic nitrogens is 2. The summed E-state index contributed by atoms with van der Waals surface area (Å²) in [4.78, 5) is 17.7. The minimum atomic E-state index is -0.299. The number of hydrogen-bond acceptors (Lipinski definition) is 4. The van der Waals surface area contributed by atoms with E-state index in [1.807, 2.05) is 60.7 Å². The number of phenolic OH excluding ortho intramolecular Hbond substituents is 1. The van der Waals surface area contributed by atoms with Gasteiger partial charge in [-0.25, -0.2) is 4.98 Å². The van der Waals surface area contributed by atoms with E-state index in [9.17, 15) is 4.79 Å². The predicted octanol–water partition coefficient (Wildman–Crippen LogP) is 5.05. The number of aromatic hydroxyl groups is 1. The van der Waals surface area contributed by atoms with Gasteiger partial charge in [0.2, 0.25) is 5.95 Å². The van der Waals surface area contributed by atoms with Crippen LogP contribution in [0.2, 0.25) is 0 Å².